The van der Waals surface area contributed by atoms with Crippen LogP contribution in [0.1, 0.15) is 6.92 Å². The lowest BCUT2D eigenvalue weighted by Crippen LogP contribution is -2.67. The van der Waals surface area contributed by atoms with Crippen molar-refractivity contribution in [2.75, 3.05) is 20.3 Å². The van der Waals surface area contributed by atoms with Crippen molar-refractivity contribution >= 4 is 0 Å². The number of ether oxygens (including phenoxy) is 6. The maximum atomic E-state index is 10.8. The lowest BCUT2D eigenvalue weighted by molar-refractivity contribution is -0.375. The molecule has 0 aromatic rings. The Morgan fingerprint density at radius 3 is 1.82 bits per heavy atom. The summed E-state index contributed by atoms with van der Waals surface area (Å²) in [5.41, 5.74) is 5.78. The van der Waals surface area contributed by atoms with Crippen LogP contribution in [0.2, 0.25) is 0 Å². The molecule has 0 spiro atoms. The number of hydrogen-bond acceptors (Lipinski definition) is 15. The summed E-state index contributed by atoms with van der Waals surface area (Å²) < 4.78 is 32.8. The monoisotopic (exact) mass is 501 g/mol. The molecule has 15 heteroatoms. The first-order valence-corrected chi connectivity index (χ1v) is 10.9. The highest BCUT2D eigenvalue weighted by Crippen LogP contribution is 2.32. The Balaban J connectivity index is 1.75. The van der Waals surface area contributed by atoms with Crippen LogP contribution in [0, 0.1) is 0 Å². The molecule has 0 saturated carbocycles. The molecule has 0 aliphatic carbocycles. The van der Waals surface area contributed by atoms with E-state index in [0.717, 1.165) is 0 Å². The van der Waals surface area contributed by atoms with Crippen LogP contribution in [0.15, 0.2) is 0 Å². The first-order valence-electron chi connectivity index (χ1n) is 10.9. The van der Waals surface area contributed by atoms with Gasteiger partial charge in [-0.25, -0.2) is 0 Å². The zero-order valence-electron chi connectivity index (χ0n) is 18.7. The van der Waals surface area contributed by atoms with Crippen molar-refractivity contribution in [3.05, 3.63) is 0 Å². The van der Waals surface area contributed by atoms with Gasteiger partial charge < -0.3 is 75.0 Å². The molecule has 0 aromatic heterocycles. The Kier molecular flexibility index (Phi) is 9.57. The Labute approximate surface area is 195 Å². The van der Waals surface area contributed by atoms with E-state index in [1.807, 2.05) is 0 Å². The van der Waals surface area contributed by atoms with Gasteiger partial charge in [-0.15, -0.1) is 0 Å². The van der Waals surface area contributed by atoms with Crippen LogP contribution < -0.4 is 5.73 Å². The van der Waals surface area contributed by atoms with Gasteiger partial charge in [0.25, 0.3) is 0 Å². The van der Waals surface area contributed by atoms with Crippen LogP contribution in [0.4, 0.5) is 0 Å². The molecule has 15 atom stereocenters. The van der Waals surface area contributed by atoms with Crippen LogP contribution in [-0.2, 0) is 28.4 Å². The Bertz CT molecular complexity index is 644. The molecule has 3 aliphatic rings. The molecule has 3 fully saturated rings. The number of aliphatic hydroxyl groups excluding tert-OH is 8. The normalized spacial score (nSPS) is 52.5. The van der Waals surface area contributed by atoms with E-state index in [1.165, 1.54) is 7.11 Å². The third kappa shape index (κ3) is 5.39. The van der Waals surface area contributed by atoms with Gasteiger partial charge in [0.15, 0.2) is 18.9 Å². The van der Waals surface area contributed by atoms with E-state index in [2.05, 4.69) is 0 Å². The highest BCUT2D eigenvalue weighted by Gasteiger charge is 2.53. The maximum absolute atomic E-state index is 10.8. The molecule has 0 amide bonds. The summed E-state index contributed by atoms with van der Waals surface area (Å²) in [4.78, 5) is 0. The predicted molar refractivity (Wildman–Crippen MR) is 107 cm³/mol. The van der Waals surface area contributed by atoms with Crippen molar-refractivity contribution in [3.8, 4) is 0 Å². The summed E-state index contributed by atoms with van der Waals surface area (Å²) in [6.45, 7) is 0.215. The van der Waals surface area contributed by atoms with Crippen LogP contribution in [0.3, 0.4) is 0 Å². The third-order valence-corrected chi connectivity index (χ3v) is 6.40. The molecular weight excluding hydrogens is 466 g/mol. The first kappa shape index (κ1) is 28.0. The topological polar surface area (TPSA) is 243 Å². The van der Waals surface area contributed by atoms with E-state index in [4.69, 9.17) is 34.2 Å². The quantitative estimate of drug-likeness (QED) is 0.158. The van der Waals surface area contributed by atoms with Crippen molar-refractivity contribution in [3.63, 3.8) is 0 Å². The van der Waals surface area contributed by atoms with Gasteiger partial charge in [0.05, 0.1) is 25.4 Å². The fourth-order valence-electron chi connectivity index (χ4n) is 4.30. The zero-order chi connectivity index (χ0) is 25.3. The molecule has 0 radical (unpaired) electrons. The zero-order valence-corrected chi connectivity index (χ0v) is 18.7. The summed E-state index contributed by atoms with van der Waals surface area (Å²) >= 11 is 0. The Hall–Kier alpha value is -0.600. The molecule has 10 N–H and O–H groups in total. The van der Waals surface area contributed by atoms with Gasteiger partial charge in [0, 0.05) is 7.11 Å². The largest absolute Gasteiger partial charge is 0.394 e. The number of methoxy groups -OCH3 is 1. The molecule has 7 unspecified atom stereocenters. The Morgan fingerprint density at radius 1 is 0.676 bits per heavy atom. The molecule has 3 aliphatic heterocycles. The van der Waals surface area contributed by atoms with Gasteiger partial charge in [-0.2, -0.15) is 0 Å². The molecule has 34 heavy (non-hydrogen) atoms. The van der Waals surface area contributed by atoms with E-state index in [1.54, 1.807) is 6.92 Å². The average Bonchev–Trinajstić information content (AvgIpc) is 2.82. The van der Waals surface area contributed by atoms with Gasteiger partial charge in [-0.05, 0) is 6.92 Å². The van der Waals surface area contributed by atoms with E-state index >= 15 is 0 Å². The smallest absolute Gasteiger partial charge is 0.187 e. The molecule has 0 aromatic carbocycles. The summed E-state index contributed by atoms with van der Waals surface area (Å²) in [7, 11) is 1.24. The van der Waals surface area contributed by atoms with Crippen LogP contribution in [-0.4, -0.2) is 153 Å². The van der Waals surface area contributed by atoms with Crippen LogP contribution in [0.5, 0.6) is 0 Å². The van der Waals surface area contributed by atoms with Crippen molar-refractivity contribution in [1.29, 1.82) is 0 Å². The van der Waals surface area contributed by atoms with E-state index < -0.39 is 105 Å². The standard InChI is InChI=1S/C19H35NO14/c1-5-8(20)9(23)12(26)18(30-5)34-15-7(4-22)32-19(13(27)16(15)29-2)33-14-6(3-21)31-17(28)11(25)10(14)24/h5-19,21-28H,3-4,20H2,1-2H3/t5?,6?,7?,8-,9-,10+,11?,12?,13?,14-,15-,16+,17?,18-,19-/m0/s1. The molecule has 15 nitrogen and oxygen atoms in total. The van der Waals surface area contributed by atoms with E-state index in [9.17, 15) is 40.9 Å². The summed E-state index contributed by atoms with van der Waals surface area (Å²) in [5.74, 6) is 0. The summed E-state index contributed by atoms with van der Waals surface area (Å²) in [6.07, 6.45) is -19.7. The van der Waals surface area contributed by atoms with Gasteiger partial charge in [-0.1, -0.05) is 0 Å². The molecule has 200 valence electrons. The fraction of sp³-hybridized carbons (Fsp3) is 1.00. The highest BCUT2D eigenvalue weighted by atomic mass is 16.8. The van der Waals surface area contributed by atoms with Crippen LogP contribution >= 0.6 is 0 Å². The second-order valence-electron chi connectivity index (χ2n) is 8.61. The van der Waals surface area contributed by atoms with Gasteiger partial charge in [-0.3, -0.25) is 0 Å². The lowest BCUT2D eigenvalue weighted by Gasteiger charge is -2.48. The molecule has 3 saturated heterocycles. The minimum absolute atomic E-state index is 0.661. The summed E-state index contributed by atoms with van der Waals surface area (Å²) in [6, 6.07) is -0.870. The number of nitrogens with two attached hydrogens (primary N) is 1. The molecule has 3 rings (SSSR count). The second kappa shape index (κ2) is 11.6. The van der Waals surface area contributed by atoms with Gasteiger partial charge in [0.1, 0.15) is 61.0 Å². The number of rotatable bonds is 7. The Morgan fingerprint density at radius 2 is 1.24 bits per heavy atom. The second-order valence-corrected chi connectivity index (χ2v) is 8.61. The van der Waals surface area contributed by atoms with Crippen molar-refractivity contribution in [1.82, 2.24) is 0 Å². The average molecular weight is 501 g/mol. The minimum atomic E-state index is -1.77. The third-order valence-electron chi connectivity index (χ3n) is 6.40. The lowest BCUT2D eigenvalue weighted by atomic mass is 9.95. The first-order chi connectivity index (χ1) is 16.0. The van der Waals surface area contributed by atoms with Crippen molar-refractivity contribution in [2.45, 2.75) is 99.0 Å². The van der Waals surface area contributed by atoms with Crippen molar-refractivity contribution < 1.29 is 69.3 Å². The van der Waals surface area contributed by atoms with E-state index in [0.29, 0.717) is 0 Å². The minimum Gasteiger partial charge on any atom is -0.394 e. The van der Waals surface area contributed by atoms with E-state index in [-0.39, 0.29) is 0 Å². The van der Waals surface area contributed by atoms with Crippen molar-refractivity contribution in [2.24, 2.45) is 5.73 Å². The fourth-order valence-corrected chi connectivity index (χ4v) is 4.30. The highest BCUT2D eigenvalue weighted by molar-refractivity contribution is 4.97. The molecule has 3 heterocycles. The maximum Gasteiger partial charge on any atom is 0.187 e. The molecular formula is C19H35NO14. The number of aliphatic hydroxyl groups is 8. The predicted octanol–water partition coefficient (Wildman–Crippen LogP) is -5.92. The van der Waals surface area contributed by atoms with Gasteiger partial charge in [0.2, 0.25) is 0 Å². The molecule has 0 bridgehead atoms. The summed E-state index contributed by atoms with van der Waals surface area (Å²) in [5, 5.41) is 80.5. The number of hydrogen-bond donors (Lipinski definition) is 9. The SMILES string of the molecule is CO[C@@H]1C(O)[C@H](O[C@H]2C(CO)OC(O)C(O)[C@H]2O)OC(CO)[C@@H]1O[C@@H]1OC(C)[C@H](N)[C@H](O)C1O. The van der Waals surface area contributed by atoms with Crippen LogP contribution in [0.25, 0.3) is 0 Å². The van der Waals surface area contributed by atoms with Gasteiger partial charge >= 0.3 is 0 Å².